The monoisotopic (exact) mass is 427 g/mol. The van der Waals surface area contributed by atoms with Gasteiger partial charge in [0, 0.05) is 32.4 Å². The van der Waals surface area contributed by atoms with Gasteiger partial charge in [0.2, 0.25) is 11.7 Å². The molecule has 1 amide bonds. The van der Waals surface area contributed by atoms with Crippen LogP contribution < -0.4 is 11.2 Å². The van der Waals surface area contributed by atoms with Crippen molar-refractivity contribution in [3.05, 3.63) is 32.9 Å². The van der Waals surface area contributed by atoms with Crippen LogP contribution in [0.3, 0.4) is 0 Å². The summed E-state index contributed by atoms with van der Waals surface area (Å²) in [5, 5.41) is 19.7. The van der Waals surface area contributed by atoms with Crippen LogP contribution in [0.25, 0.3) is 0 Å². The van der Waals surface area contributed by atoms with Crippen molar-refractivity contribution in [3.63, 3.8) is 0 Å². The molecule has 1 aromatic heterocycles. The molecule has 2 fully saturated rings. The number of nitrogens with zero attached hydrogens (tertiary/aromatic N) is 2. The molecule has 1 spiro atoms. The predicted molar refractivity (Wildman–Crippen MR) is 102 cm³/mol. The minimum Gasteiger partial charge on any atom is -0.481 e. The van der Waals surface area contributed by atoms with Crippen molar-refractivity contribution in [2.45, 2.75) is 62.7 Å². The fourth-order valence-electron chi connectivity index (χ4n) is 4.36. The van der Waals surface area contributed by atoms with E-state index >= 15 is 0 Å². The third-order valence-electron chi connectivity index (χ3n) is 6.01. The summed E-state index contributed by atoms with van der Waals surface area (Å²) in [6.07, 6.45) is 2.32. The van der Waals surface area contributed by atoms with Gasteiger partial charge in [-0.1, -0.05) is 0 Å². The van der Waals surface area contributed by atoms with Gasteiger partial charge in [-0.05, 0) is 26.2 Å². The number of carboxylic acid groups (broad SMARTS) is 1. The molecule has 10 nitrogen and oxygen atoms in total. The second-order valence-electron chi connectivity index (χ2n) is 8.32. The van der Waals surface area contributed by atoms with Gasteiger partial charge in [0.1, 0.15) is 0 Å². The summed E-state index contributed by atoms with van der Waals surface area (Å²) in [5.41, 5.74) is -4.03. The van der Waals surface area contributed by atoms with Crippen LogP contribution in [0.5, 0.6) is 0 Å². The normalized spacial score (nSPS) is 26.0. The Labute approximate surface area is 171 Å². The number of aliphatic hydroxyl groups is 1. The van der Waals surface area contributed by atoms with Crippen LogP contribution in [0, 0.1) is 5.82 Å². The number of carboxylic acids is 1. The minimum absolute atomic E-state index is 0.0506. The zero-order valence-electron chi connectivity index (χ0n) is 16.7. The van der Waals surface area contributed by atoms with E-state index in [-0.39, 0.29) is 38.2 Å². The van der Waals surface area contributed by atoms with Crippen molar-refractivity contribution in [2.75, 3.05) is 19.7 Å². The number of likely N-dealkylation sites (tertiary alicyclic amines) is 1. The standard InChI is InChI=1S/C19H26FN3O7/c1-18(29)11-19(5-7-22(8-6-19)14(24)3-2-4-15(25)26)30-10-13(18)23-9-12(20)16(27)21-17(23)28/h9,13,29H,2-8,10-11H2,1H3,(H,25,26)(H,21,27,28)/t13-,18-/m0/s1. The molecule has 166 valence electrons. The van der Waals surface area contributed by atoms with Crippen LogP contribution in [-0.2, 0) is 14.3 Å². The Kier molecular flexibility index (Phi) is 6.14. The van der Waals surface area contributed by atoms with E-state index in [1.54, 1.807) is 11.8 Å². The molecule has 0 bridgehead atoms. The first-order valence-electron chi connectivity index (χ1n) is 9.90. The first-order valence-corrected chi connectivity index (χ1v) is 9.90. The number of halogens is 1. The Bertz CT molecular complexity index is 931. The second-order valence-corrected chi connectivity index (χ2v) is 8.32. The van der Waals surface area contributed by atoms with Crippen molar-refractivity contribution in [1.29, 1.82) is 0 Å². The minimum atomic E-state index is -1.40. The Morgan fingerprint density at radius 2 is 1.97 bits per heavy atom. The van der Waals surface area contributed by atoms with Gasteiger partial charge in [-0.15, -0.1) is 0 Å². The van der Waals surface area contributed by atoms with E-state index in [9.17, 15) is 28.7 Å². The fourth-order valence-corrected chi connectivity index (χ4v) is 4.36. The zero-order chi connectivity index (χ0) is 22.1. The molecule has 2 aliphatic rings. The van der Waals surface area contributed by atoms with Gasteiger partial charge < -0.3 is 19.8 Å². The van der Waals surface area contributed by atoms with Crippen LogP contribution in [0.2, 0.25) is 0 Å². The third-order valence-corrected chi connectivity index (χ3v) is 6.01. The molecule has 1 aromatic rings. The maximum Gasteiger partial charge on any atom is 0.328 e. The van der Waals surface area contributed by atoms with Crippen molar-refractivity contribution >= 4 is 11.9 Å². The highest BCUT2D eigenvalue weighted by molar-refractivity contribution is 5.77. The average Bonchev–Trinajstić information content (AvgIpc) is 2.65. The lowest BCUT2D eigenvalue weighted by molar-refractivity contribution is -0.198. The molecule has 3 heterocycles. The number of carbonyl (C=O) groups excluding carboxylic acids is 1. The van der Waals surface area contributed by atoms with Crippen LogP contribution in [0.1, 0.15) is 51.5 Å². The highest BCUT2D eigenvalue weighted by Crippen LogP contribution is 2.43. The number of ether oxygens (including phenoxy) is 1. The average molecular weight is 427 g/mol. The topological polar surface area (TPSA) is 142 Å². The molecule has 0 aromatic carbocycles. The zero-order valence-corrected chi connectivity index (χ0v) is 16.7. The van der Waals surface area contributed by atoms with E-state index in [0.717, 1.165) is 10.8 Å². The van der Waals surface area contributed by atoms with Gasteiger partial charge in [-0.2, -0.15) is 4.39 Å². The maximum atomic E-state index is 13.7. The number of aromatic nitrogens is 2. The highest BCUT2D eigenvalue weighted by Gasteiger charge is 2.50. The number of H-pyrrole nitrogens is 1. The van der Waals surface area contributed by atoms with E-state index < -0.39 is 40.3 Å². The molecule has 0 aliphatic carbocycles. The summed E-state index contributed by atoms with van der Waals surface area (Å²) in [7, 11) is 0. The molecule has 2 saturated heterocycles. The number of piperidine rings is 1. The van der Waals surface area contributed by atoms with Crippen LogP contribution in [0.15, 0.2) is 15.8 Å². The lowest BCUT2D eigenvalue weighted by atomic mass is 9.75. The van der Waals surface area contributed by atoms with Crippen LogP contribution in [-0.4, -0.2) is 67.4 Å². The van der Waals surface area contributed by atoms with Crippen molar-refractivity contribution in [2.24, 2.45) is 0 Å². The summed E-state index contributed by atoms with van der Waals surface area (Å²) in [5.74, 6) is -2.17. The highest BCUT2D eigenvalue weighted by atomic mass is 19.1. The van der Waals surface area contributed by atoms with E-state index in [1.165, 1.54) is 0 Å². The van der Waals surface area contributed by atoms with Crippen molar-refractivity contribution in [3.8, 4) is 0 Å². The SMILES string of the molecule is C[C@]1(O)CC2(CCN(C(=O)CCCC(=O)O)CC2)OC[C@@H]1n1cc(F)c(=O)[nH]c1=O. The Balaban J connectivity index is 1.64. The molecular weight excluding hydrogens is 401 g/mol. The molecule has 11 heteroatoms. The Hall–Kier alpha value is -2.53. The summed E-state index contributed by atoms with van der Waals surface area (Å²) in [6.45, 7) is 2.32. The predicted octanol–water partition coefficient (Wildman–Crippen LogP) is 0.00420. The second kappa shape index (κ2) is 8.31. The lowest BCUT2D eigenvalue weighted by Crippen LogP contribution is -2.59. The van der Waals surface area contributed by atoms with E-state index in [1.807, 2.05) is 4.98 Å². The maximum absolute atomic E-state index is 13.7. The number of carbonyl (C=O) groups is 2. The molecule has 30 heavy (non-hydrogen) atoms. The summed E-state index contributed by atoms with van der Waals surface area (Å²) in [6, 6.07) is -0.877. The van der Waals surface area contributed by atoms with Gasteiger partial charge in [-0.25, -0.2) is 4.79 Å². The van der Waals surface area contributed by atoms with Crippen LogP contribution in [0.4, 0.5) is 4.39 Å². The molecule has 0 unspecified atom stereocenters. The molecule has 3 rings (SSSR count). The van der Waals surface area contributed by atoms with Gasteiger partial charge in [-0.3, -0.25) is 23.9 Å². The number of hydrogen-bond acceptors (Lipinski definition) is 6. The van der Waals surface area contributed by atoms with Gasteiger partial charge in [0.05, 0.1) is 30.0 Å². The summed E-state index contributed by atoms with van der Waals surface area (Å²) < 4.78 is 20.6. The van der Waals surface area contributed by atoms with E-state index in [2.05, 4.69) is 0 Å². The van der Waals surface area contributed by atoms with Gasteiger partial charge in [0.15, 0.2) is 0 Å². The molecule has 0 saturated carbocycles. The summed E-state index contributed by atoms with van der Waals surface area (Å²) in [4.78, 5) is 49.7. The lowest BCUT2D eigenvalue weighted by Gasteiger charge is -2.51. The number of aliphatic carboxylic acids is 1. The fraction of sp³-hybridized carbons (Fsp3) is 0.684. The number of aromatic amines is 1. The van der Waals surface area contributed by atoms with Crippen LogP contribution >= 0.6 is 0 Å². The molecular formula is C19H26FN3O7. The molecule has 2 aliphatic heterocycles. The molecule has 3 N–H and O–H groups in total. The first kappa shape index (κ1) is 22.2. The quantitative estimate of drug-likeness (QED) is 0.601. The molecule has 0 radical (unpaired) electrons. The van der Waals surface area contributed by atoms with Crippen molar-refractivity contribution < 1.29 is 28.9 Å². The van der Waals surface area contributed by atoms with Gasteiger partial charge >= 0.3 is 11.7 Å². The number of nitrogens with one attached hydrogen (secondary N) is 1. The number of rotatable bonds is 5. The Morgan fingerprint density at radius 3 is 2.57 bits per heavy atom. The molecule has 2 atom stereocenters. The smallest absolute Gasteiger partial charge is 0.328 e. The third kappa shape index (κ3) is 4.62. The first-order chi connectivity index (χ1) is 14.0. The number of amides is 1. The largest absolute Gasteiger partial charge is 0.481 e. The van der Waals surface area contributed by atoms with E-state index in [4.69, 9.17) is 9.84 Å². The van der Waals surface area contributed by atoms with Gasteiger partial charge in [0.25, 0.3) is 5.56 Å². The van der Waals surface area contributed by atoms with Crippen molar-refractivity contribution in [1.82, 2.24) is 14.5 Å². The number of hydrogen-bond donors (Lipinski definition) is 3. The summed E-state index contributed by atoms with van der Waals surface area (Å²) >= 11 is 0. The van der Waals surface area contributed by atoms with E-state index in [0.29, 0.717) is 25.9 Å². The Morgan fingerprint density at radius 1 is 1.30 bits per heavy atom.